The molecule has 0 spiro atoms. The van der Waals surface area contributed by atoms with Crippen molar-refractivity contribution in [2.24, 2.45) is 5.41 Å². The fourth-order valence-corrected chi connectivity index (χ4v) is 2.90. The molecule has 0 radical (unpaired) electrons. The van der Waals surface area contributed by atoms with Crippen molar-refractivity contribution >= 4 is 28.9 Å². The number of anilines is 3. The fraction of sp³-hybridized carbons (Fsp3) is 0.333. The second-order valence-electron chi connectivity index (χ2n) is 7.56. The first-order chi connectivity index (χ1) is 12.3. The lowest BCUT2D eigenvalue weighted by Gasteiger charge is -2.19. The Morgan fingerprint density at radius 2 is 1.77 bits per heavy atom. The highest BCUT2D eigenvalue weighted by Crippen LogP contribution is 2.27. The number of rotatable bonds is 4. The third-order valence-electron chi connectivity index (χ3n) is 4.43. The molecule has 1 aliphatic rings. The zero-order valence-corrected chi connectivity index (χ0v) is 15.5. The minimum Gasteiger partial charge on any atom is -0.376 e. The maximum absolute atomic E-state index is 12.6. The molecule has 0 aliphatic carbocycles. The number of benzene rings is 2. The van der Waals surface area contributed by atoms with Crippen molar-refractivity contribution in [1.29, 1.82) is 0 Å². The van der Waals surface area contributed by atoms with Gasteiger partial charge in [0.15, 0.2) is 0 Å². The van der Waals surface area contributed by atoms with Crippen LogP contribution < -0.4 is 15.5 Å². The normalized spacial score (nSPS) is 13.3. The number of fused-ring (bicyclic) bond motifs is 1. The first-order valence-corrected chi connectivity index (χ1v) is 8.88. The van der Waals surface area contributed by atoms with Crippen molar-refractivity contribution in [1.82, 2.24) is 0 Å². The summed E-state index contributed by atoms with van der Waals surface area (Å²) in [6.45, 7) is 6.55. The summed E-state index contributed by atoms with van der Waals surface area (Å²) in [4.78, 5) is 26.5. The molecule has 3 rings (SSSR count). The van der Waals surface area contributed by atoms with Crippen molar-refractivity contribution < 1.29 is 9.59 Å². The van der Waals surface area contributed by atoms with E-state index in [1.165, 1.54) is 5.56 Å². The largest absolute Gasteiger partial charge is 0.376 e. The van der Waals surface area contributed by atoms with E-state index in [4.69, 9.17) is 0 Å². The molecule has 26 heavy (non-hydrogen) atoms. The molecule has 0 fully saturated rings. The zero-order chi connectivity index (χ0) is 18.7. The van der Waals surface area contributed by atoms with Crippen LogP contribution in [0.15, 0.2) is 48.5 Å². The van der Waals surface area contributed by atoms with Crippen LogP contribution in [0.3, 0.4) is 0 Å². The third-order valence-corrected chi connectivity index (χ3v) is 4.43. The molecule has 0 aromatic heterocycles. The molecule has 0 saturated carbocycles. The monoisotopic (exact) mass is 351 g/mol. The van der Waals surface area contributed by atoms with Gasteiger partial charge in [-0.25, -0.2) is 0 Å². The van der Waals surface area contributed by atoms with Crippen molar-refractivity contribution in [3.8, 4) is 0 Å². The molecule has 5 nitrogen and oxygen atoms in total. The van der Waals surface area contributed by atoms with Gasteiger partial charge in [0.05, 0.1) is 6.54 Å². The second-order valence-corrected chi connectivity index (χ2v) is 7.56. The molecule has 0 bridgehead atoms. The Morgan fingerprint density at radius 3 is 2.54 bits per heavy atom. The molecular weight excluding hydrogens is 326 g/mol. The quantitative estimate of drug-likeness (QED) is 0.883. The van der Waals surface area contributed by atoms with Gasteiger partial charge in [-0.15, -0.1) is 0 Å². The second kappa shape index (κ2) is 7.20. The fourth-order valence-electron chi connectivity index (χ4n) is 2.90. The number of para-hydroxylation sites is 1. The van der Waals surface area contributed by atoms with Gasteiger partial charge in [0, 0.05) is 29.0 Å². The Morgan fingerprint density at radius 1 is 1.04 bits per heavy atom. The Hall–Kier alpha value is -2.82. The van der Waals surface area contributed by atoms with Crippen LogP contribution in [0.25, 0.3) is 0 Å². The summed E-state index contributed by atoms with van der Waals surface area (Å²) < 4.78 is 0. The van der Waals surface area contributed by atoms with E-state index in [9.17, 15) is 9.59 Å². The van der Waals surface area contributed by atoms with Crippen LogP contribution in [0.4, 0.5) is 17.1 Å². The molecule has 1 aliphatic heterocycles. The molecule has 136 valence electrons. The highest BCUT2D eigenvalue weighted by molar-refractivity contribution is 5.98. The van der Waals surface area contributed by atoms with Crippen LogP contribution in [-0.2, 0) is 16.0 Å². The summed E-state index contributed by atoms with van der Waals surface area (Å²) in [5, 5.41) is 6.07. The Kier molecular flexibility index (Phi) is 4.98. The van der Waals surface area contributed by atoms with Gasteiger partial charge in [-0.2, -0.15) is 0 Å². The molecular formula is C21H25N3O2. The zero-order valence-electron chi connectivity index (χ0n) is 15.5. The lowest BCUT2D eigenvalue weighted by Crippen LogP contribution is -2.34. The molecule has 0 atom stereocenters. The van der Waals surface area contributed by atoms with E-state index < -0.39 is 5.41 Å². The van der Waals surface area contributed by atoms with E-state index in [0.29, 0.717) is 5.69 Å². The number of carbonyl (C=O) groups is 2. The van der Waals surface area contributed by atoms with Gasteiger partial charge in [-0.1, -0.05) is 45.0 Å². The summed E-state index contributed by atoms with van der Waals surface area (Å²) in [5.41, 5.74) is 3.28. The Bertz CT molecular complexity index is 824. The molecule has 2 N–H and O–H groups in total. The van der Waals surface area contributed by atoms with E-state index in [-0.39, 0.29) is 18.4 Å². The number of carbonyl (C=O) groups excluding carboxylic acids is 2. The van der Waals surface area contributed by atoms with Crippen LogP contribution in [-0.4, -0.2) is 24.9 Å². The molecule has 2 aromatic carbocycles. The average molecular weight is 351 g/mol. The predicted molar refractivity (Wildman–Crippen MR) is 106 cm³/mol. The van der Waals surface area contributed by atoms with Gasteiger partial charge < -0.3 is 15.5 Å². The van der Waals surface area contributed by atoms with Crippen LogP contribution in [0.2, 0.25) is 0 Å². The molecule has 0 unspecified atom stereocenters. The summed E-state index contributed by atoms with van der Waals surface area (Å²) in [6.07, 6.45) is 0.899. The average Bonchev–Trinajstić information content (AvgIpc) is 3.03. The van der Waals surface area contributed by atoms with Gasteiger partial charge in [0.1, 0.15) is 0 Å². The highest BCUT2D eigenvalue weighted by atomic mass is 16.2. The number of hydrogen-bond acceptors (Lipinski definition) is 3. The minimum atomic E-state index is -0.456. The molecule has 1 heterocycles. The van der Waals surface area contributed by atoms with Gasteiger partial charge in [-0.05, 0) is 36.2 Å². The topological polar surface area (TPSA) is 61.4 Å². The highest BCUT2D eigenvalue weighted by Gasteiger charge is 2.24. The van der Waals surface area contributed by atoms with Crippen LogP contribution in [0.1, 0.15) is 26.3 Å². The van der Waals surface area contributed by atoms with Crippen molar-refractivity contribution in [3.63, 3.8) is 0 Å². The van der Waals surface area contributed by atoms with Crippen LogP contribution in [0, 0.1) is 5.41 Å². The standard InChI is InChI=1S/C21H25N3O2/c1-21(2,3)20(26)23-17-9-6-8-16(13-17)22-14-19(25)24-12-11-15-7-4-5-10-18(15)24/h4-10,13,22H,11-12,14H2,1-3H3,(H,23,26). The SMILES string of the molecule is CC(C)(C)C(=O)Nc1cccc(NCC(=O)N2CCc3ccccc32)c1. The third kappa shape index (κ3) is 4.04. The summed E-state index contributed by atoms with van der Waals surface area (Å²) in [7, 11) is 0. The lowest BCUT2D eigenvalue weighted by molar-refractivity contribution is -0.123. The van der Waals surface area contributed by atoms with Gasteiger partial charge in [-0.3, -0.25) is 9.59 Å². The summed E-state index contributed by atoms with van der Waals surface area (Å²) >= 11 is 0. The van der Waals surface area contributed by atoms with Crippen LogP contribution >= 0.6 is 0 Å². The number of hydrogen-bond donors (Lipinski definition) is 2. The van der Waals surface area contributed by atoms with Crippen molar-refractivity contribution in [3.05, 3.63) is 54.1 Å². The Balaban J connectivity index is 1.61. The van der Waals surface area contributed by atoms with Gasteiger partial charge in [0.25, 0.3) is 0 Å². The first kappa shape index (κ1) is 18.0. The van der Waals surface area contributed by atoms with E-state index >= 15 is 0 Å². The lowest BCUT2D eigenvalue weighted by atomic mass is 9.95. The van der Waals surface area contributed by atoms with E-state index in [1.807, 2.05) is 68.1 Å². The van der Waals surface area contributed by atoms with E-state index in [0.717, 1.165) is 24.3 Å². The minimum absolute atomic E-state index is 0.0408. The first-order valence-electron chi connectivity index (χ1n) is 8.88. The number of nitrogens with one attached hydrogen (secondary N) is 2. The van der Waals surface area contributed by atoms with Crippen molar-refractivity contribution in [2.75, 3.05) is 28.6 Å². The van der Waals surface area contributed by atoms with Gasteiger partial charge >= 0.3 is 0 Å². The number of nitrogens with zero attached hydrogens (tertiary/aromatic N) is 1. The molecule has 5 heteroatoms. The van der Waals surface area contributed by atoms with Gasteiger partial charge in [0.2, 0.25) is 11.8 Å². The summed E-state index contributed by atoms with van der Waals surface area (Å²) in [6, 6.07) is 15.4. The maximum atomic E-state index is 12.6. The smallest absolute Gasteiger partial charge is 0.246 e. The summed E-state index contributed by atoms with van der Waals surface area (Å²) in [5.74, 6) is -0.00141. The van der Waals surface area contributed by atoms with Crippen LogP contribution in [0.5, 0.6) is 0 Å². The van der Waals surface area contributed by atoms with E-state index in [1.54, 1.807) is 0 Å². The molecule has 0 saturated heterocycles. The molecule has 2 aromatic rings. The molecule has 2 amide bonds. The predicted octanol–water partition coefficient (Wildman–Crippen LogP) is 3.67. The maximum Gasteiger partial charge on any atom is 0.246 e. The van der Waals surface area contributed by atoms with E-state index in [2.05, 4.69) is 16.7 Å². The Labute approximate surface area is 154 Å². The van der Waals surface area contributed by atoms with Crippen molar-refractivity contribution in [2.45, 2.75) is 27.2 Å². The number of amides is 2.